The number of aromatic nitrogens is 1. The van der Waals surface area contributed by atoms with Gasteiger partial charge in [0.25, 0.3) is 11.8 Å². The van der Waals surface area contributed by atoms with Gasteiger partial charge in [-0.05, 0) is 19.4 Å². The van der Waals surface area contributed by atoms with Gasteiger partial charge < -0.3 is 15.3 Å². The van der Waals surface area contributed by atoms with Crippen molar-refractivity contribution in [2.75, 3.05) is 18.6 Å². The molecule has 1 aliphatic rings. The number of fused-ring (bicyclic) bond motifs is 1. The van der Waals surface area contributed by atoms with E-state index in [2.05, 4.69) is 5.32 Å². The Kier molecular flexibility index (Phi) is 6.54. The summed E-state index contributed by atoms with van der Waals surface area (Å²) in [5, 5.41) is 14.7. The molecule has 2 aromatic rings. The summed E-state index contributed by atoms with van der Waals surface area (Å²) in [6.07, 6.45) is 2.58. The van der Waals surface area contributed by atoms with E-state index in [-0.39, 0.29) is 34.6 Å². The Morgan fingerprint density at radius 1 is 1.32 bits per heavy atom. The lowest BCUT2D eigenvalue weighted by Gasteiger charge is -2.43. The molecule has 1 aliphatic heterocycles. The van der Waals surface area contributed by atoms with E-state index in [0.29, 0.717) is 6.54 Å². The van der Waals surface area contributed by atoms with Crippen molar-refractivity contribution in [3.05, 3.63) is 62.3 Å². The van der Waals surface area contributed by atoms with Crippen LogP contribution in [-0.4, -0.2) is 46.3 Å². The first-order valence-electron chi connectivity index (χ1n) is 9.92. The van der Waals surface area contributed by atoms with Crippen LogP contribution in [0.3, 0.4) is 0 Å². The summed E-state index contributed by atoms with van der Waals surface area (Å²) in [5.74, 6) is -2.79. The Hall–Kier alpha value is -3.07. The average molecular weight is 451 g/mol. The van der Waals surface area contributed by atoms with E-state index in [9.17, 15) is 23.9 Å². The predicted molar refractivity (Wildman–Crippen MR) is 114 cm³/mol. The number of hydrogen-bond acceptors (Lipinski definition) is 5. The molecule has 2 N–H and O–H groups in total. The van der Waals surface area contributed by atoms with Crippen LogP contribution in [0.5, 0.6) is 5.75 Å². The van der Waals surface area contributed by atoms with Crippen molar-refractivity contribution in [1.82, 2.24) is 14.9 Å². The predicted octanol–water partition coefficient (Wildman–Crippen LogP) is 2.45. The quantitative estimate of drug-likeness (QED) is 0.705. The molecule has 1 aromatic carbocycles. The second kappa shape index (κ2) is 8.97. The molecule has 1 unspecified atom stereocenters. The molecule has 2 heterocycles. The highest BCUT2D eigenvalue weighted by molar-refractivity contribution is 6.30. The average Bonchev–Trinajstić information content (AvgIpc) is 2.75. The molecule has 0 bridgehead atoms. The summed E-state index contributed by atoms with van der Waals surface area (Å²) in [6, 6.07) is 4.39. The molecule has 0 saturated carbocycles. The van der Waals surface area contributed by atoms with Gasteiger partial charge in [-0.2, -0.15) is 0 Å². The third-order valence-electron chi connectivity index (χ3n) is 5.41. The molecule has 1 atom stereocenters. The molecule has 8 nitrogen and oxygen atoms in total. The molecule has 0 fully saturated rings. The monoisotopic (exact) mass is 450 g/mol. The van der Waals surface area contributed by atoms with E-state index in [1.807, 2.05) is 13.8 Å². The van der Waals surface area contributed by atoms with Gasteiger partial charge in [-0.1, -0.05) is 37.1 Å². The third kappa shape index (κ3) is 4.10. The highest BCUT2D eigenvalue weighted by Crippen LogP contribution is 2.24. The standard InChI is InChI=1S/C21H24ClFN4O4/c1-4-5-9-26-12(2)25(3)21(31)17-19(29)18(28)14(11-27(17)26)20(30)24-10-13-7-6-8-15(22)16(13)23/h6-8,11-12,29H,4-5,9-10H2,1-3H3,(H,24,30). The number of rotatable bonds is 6. The lowest BCUT2D eigenvalue weighted by Crippen LogP contribution is -2.59. The van der Waals surface area contributed by atoms with Gasteiger partial charge in [-0.3, -0.25) is 24.1 Å². The van der Waals surface area contributed by atoms with Crippen molar-refractivity contribution < 1.29 is 19.1 Å². The second-order valence-electron chi connectivity index (χ2n) is 7.37. The van der Waals surface area contributed by atoms with E-state index < -0.39 is 28.8 Å². The number of carbonyl (C=O) groups excluding carboxylic acids is 2. The molecule has 0 aliphatic carbocycles. The normalized spacial score (nSPS) is 15.8. The summed E-state index contributed by atoms with van der Waals surface area (Å²) in [5.41, 5.74) is -1.37. The highest BCUT2D eigenvalue weighted by atomic mass is 35.5. The van der Waals surface area contributed by atoms with Crippen molar-refractivity contribution in [2.24, 2.45) is 0 Å². The molecule has 0 radical (unpaired) electrons. The Bertz CT molecular complexity index is 1090. The third-order valence-corrected chi connectivity index (χ3v) is 5.70. The molecule has 166 valence electrons. The minimum atomic E-state index is -0.970. The Labute approximate surface area is 183 Å². The summed E-state index contributed by atoms with van der Waals surface area (Å²) in [6.45, 7) is 4.17. The maximum atomic E-state index is 14.1. The maximum Gasteiger partial charge on any atom is 0.277 e. The van der Waals surface area contributed by atoms with Crippen LogP contribution in [-0.2, 0) is 6.54 Å². The van der Waals surface area contributed by atoms with E-state index >= 15 is 0 Å². The SMILES string of the molecule is CCCCN1C(C)N(C)C(=O)c2c(O)c(=O)c(C(=O)NCc3cccc(Cl)c3F)cn21. The number of aromatic hydroxyl groups is 1. The van der Waals surface area contributed by atoms with Gasteiger partial charge in [0.15, 0.2) is 11.4 Å². The fourth-order valence-corrected chi connectivity index (χ4v) is 3.63. The minimum absolute atomic E-state index is 0.0820. The summed E-state index contributed by atoms with van der Waals surface area (Å²) in [4.78, 5) is 39.5. The van der Waals surface area contributed by atoms with Gasteiger partial charge in [-0.25, -0.2) is 4.39 Å². The van der Waals surface area contributed by atoms with Gasteiger partial charge in [-0.15, -0.1) is 0 Å². The number of carbonyl (C=O) groups is 2. The summed E-state index contributed by atoms with van der Waals surface area (Å²) < 4.78 is 15.4. The number of nitrogens with zero attached hydrogens (tertiary/aromatic N) is 3. The number of halogens is 2. The van der Waals surface area contributed by atoms with Crippen LogP contribution in [0.15, 0.2) is 29.2 Å². The Morgan fingerprint density at radius 3 is 2.71 bits per heavy atom. The molecule has 0 saturated heterocycles. The van der Waals surface area contributed by atoms with E-state index in [1.165, 1.54) is 27.9 Å². The van der Waals surface area contributed by atoms with Gasteiger partial charge in [0.2, 0.25) is 5.43 Å². The van der Waals surface area contributed by atoms with Crippen LogP contribution in [0.1, 0.15) is 53.1 Å². The van der Waals surface area contributed by atoms with E-state index in [1.54, 1.807) is 18.1 Å². The van der Waals surface area contributed by atoms with Crippen LogP contribution in [0.25, 0.3) is 0 Å². The van der Waals surface area contributed by atoms with Gasteiger partial charge in [0.05, 0.1) is 5.02 Å². The number of pyridine rings is 1. The molecule has 1 aromatic heterocycles. The van der Waals surface area contributed by atoms with Gasteiger partial charge >= 0.3 is 0 Å². The van der Waals surface area contributed by atoms with Gasteiger partial charge in [0, 0.05) is 31.9 Å². The number of amides is 2. The molecule has 3 rings (SSSR count). The smallest absolute Gasteiger partial charge is 0.277 e. The Balaban J connectivity index is 1.99. The largest absolute Gasteiger partial charge is 0.502 e. The van der Waals surface area contributed by atoms with E-state index in [0.717, 1.165) is 12.8 Å². The highest BCUT2D eigenvalue weighted by Gasteiger charge is 2.36. The fraction of sp³-hybridized carbons (Fsp3) is 0.381. The molecule has 0 spiro atoms. The molecular formula is C21H24ClFN4O4. The van der Waals surface area contributed by atoms with Crippen molar-refractivity contribution in [2.45, 2.75) is 39.4 Å². The van der Waals surface area contributed by atoms with Crippen molar-refractivity contribution >= 4 is 23.4 Å². The maximum absolute atomic E-state index is 14.1. The second-order valence-corrected chi connectivity index (χ2v) is 7.78. The molecular weight excluding hydrogens is 427 g/mol. The first-order chi connectivity index (χ1) is 14.7. The van der Waals surface area contributed by atoms with Crippen LogP contribution in [0, 0.1) is 5.82 Å². The lowest BCUT2D eigenvalue weighted by molar-refractivity contribution is 0.0648. The first-order valence-corrected chi connectivity index (χ1v) is 10.3. The zero-order valence-corrected chi connectivity index (χ0v) is 18.2. The van der Waals surface area contributed by atoms with Crippen molar-refractivity contribution in [1.29, 1.82) is 0 Å². The van der Waals surface area contributed by atoms with Crippen molar-refractivity contribution in [3.63, 3.8) is 0 Å². The minimum Gasteiger partial charge on any atom is -0.502 e. The number of hydrogen-bond donors (Lipinski definition) is 2. The first kappa shape index (κ1) is 22.6. The van der Waals surface area contributed by atoms with E-state index in [4.69, 9.17) is 11.6 Å². The molecule has 31 heavy (non-hydrogen) atoms. The zero-order chi connectivity index (χ0) is 22.9. The number of unbranched alkanes of at least 4 members (excludes halogenated alkanes) is 1. The Morgan fingerprint density at radius 2 is 2.03 bits per heavy atom. The summed E-state index contributed by atoms with van der Waals surface area (Å²) >= 11 is 5.75. The number of benzene rings is 1. The lowest BCUT2D eigenvalue weighted by atomic mass is 10.1. The zero-order valence-electron chi connectivity index (χ0n) is 17.5. The van der Waals surface area contributed by atoms with Crippen LogP contribution in [0.2, 0.25) is 5.02 Å². The topological polar surface area (TPSA) is 94.9 Å². The molecule has 2 amide bonds. The summed E-state index contributed by atoms with van der Waals surface area (Å²) in [7, 11) is 1.58. The van der Waals surface area contributed by atoms with Crippen LogP contribution >= 0.6 is 11.6 Å². The number of nitrogens with one attached hydrogen (secondary N) is 1. The fourth-order valence-electron chi connectivity index (χ4n) is 3.44. The van der Waals surface area contributed by atoms with Crippen molar-refractivity contribution in [3.8, 4) is 5.75 Å². The van der Waals surface area contributed by atoms with Crippen LogP contribution in [0.4, 0.5) is 4.39 Å². The van der Waals surface area contributed by atoms with Crippen LogP contribution < -0.4 is 15.8 Å². The van der Waals surface area contributed by atoms with Gasteiger partial charge in [0.1, 0.15) is 17.5 Å². The molecule has 10 heteroatoms.